The normalized spacial score (nSPS) is 13.9. The lowest BCUT2D eigenvalue weighted by atomic mass is 10.1. The molecular weight excluding hydrogens is 480 g/mol. The van der Waals surface area contributed by atoms with E-state index >= 15 is 0 Å². The fraction of sp³-hybridized carbons (Fsp3) is 0.231. The monoisotopic (exact) mass is 506 g/mol. The Morgan fingerprint density at radius 3 is 2.27 bits per heavy atom. The van der Waals surface area contributed by atoms with Gasteiger partial charge in [0.15, 0.2) is 0 Å². The fourth-order valence-corrected chi connectivity index (χ4v) is 4.39. The third kappa shape index (κ3) is 5.93. The van der Waals surface area contributed by atoms with Gasteiger partial charge in [-0.25, -0.2) is 4.79 Å². The maximum Gasteiger partial charge on any atom is 0.323 e. The van der Waals surface area contributed by atoms with Gasteiger partial charge < -0.3 is 20.9 Å². The van der Waals surface area contributed by atoms with Crippen LogP contribution in [0.25, 0.3) is 0 Å². The summed E-state index contributed by atoms with van der Waals surface area (Å²) in [4.78, 5) is 28.1. The average molecular weight is 507 g/mol. The second-order valence-corrected chi connectivity index (χ2v) is 9.04. The standard InChI is InChI=1S/C26H27BrN4O2/c1-18(19-8-3-2-4-9-19)28-25(32)23-17-22(12-13-24(23)31-14-5-6-15-31)30-26(33)29-21-11-7-10-20(27)16-21/h2-4,7-13,16-18H,5-6,14-15H2,1H3,(H,28,32)(H2,29,30,33)/t18-/m1/s1. The smallest absolute Gasteiger partial charge is 0.323 e. The van der Waals surface area contributed by atoms with Gasteiger partial charge in [-0.15, -0.1) is 0 Å². The van der Waals surface area contributed by atoms with Crippen molar-refractivity contribution in [2.24, 2.45) is 0 Å². The first-order valence-electron chi connectivity index (χ1n) is 11.1. The van der Waals surface area contributed by atoms with Crippen molar-refractivity contribution in [2.45, 2.75) is 25.8 Å². The van der Waals surface area contributed by atoms with Crippen LogP contribution >= 0.6 is 15.9 Å². The molecular formula is C26H27BrN4O2. The summed E-state index contributed by atoms with van der Waals surface area (Å²) in [5.74, 6) is -0.163. The molecule has 6 nitrogen and oxygen atoms in total. The molecule has 3 aromatic carbocycles. The van der Waals surface area contributed by atoms with Crippen molar-refractivity contribution in [1.82, 2.24) is 5.32 Å². The quantitative estimate of drug-likeness (QED) is 0.373. The fourth-order valence-electron chi connectivity index (χ4n) is 3.99. The van der Waals surface area contributed by atoms with Gasteiger partial charge in [0.25, 0.3) is 5.91 Å². The summed E-state index contributed by atoms with van der Waals surface area (Å²) in [6, 6.07) is 22.2. The SMILES string of the molecule is C[C@@H](NC(=O)c1cc(NC(=O)Nc2cccc(Br)c2)ccc1N1CCCC1)c1ccccc1. The summed E-state index contributed by atoms with van der Waals surface area (Å²) >= 11 is 3.40. The summed E-state index contributed by atoms with van der Waals surface area (Å²) in [7, 11) is 0. The first-order valence-corrected chi connectivity index (χ1v) is 11.9. The number of carbonyl (C=O) groups excluding carboxylic acids is 2. The zero-order valence-electron chi connectivity index (χ0n) is 18.5. The number of hydrogen-bond donors (Lipinski definition) is 3. The molecule has 33 heavy (non-hydrogen) atoms. The Morgan fingerprint density at radius 2 is 1.58 bits per heavy atom. The van der Waals surface area contributed by atoms with Crippen molar-refractivity contribution in [3.05, 3.63) is 88.4 Å². The number of carbonyl (C=O) groups is 2. The van der Waals surface area contributed by atoms with Crippen LogP contribution in [0.3, 0.4) is 0 Å². The first kappa shape index (κ1) is 22.9. The van der Waals surface area contributed by atoms with E-state index in [0.717, 1.165) is 41.7 Å². The van der Waals surface area contributed by atoms with Crippen molar-refractivity contribution < 1.29 is 9.59 Å². The Bertz CT molecular complexity index is 1130. The van der Waals surface area contributed by atoms with Crippen LogP contribution in [0.2, 0.25) is 0 Å². The van der Waals surface area contributed by atoms with Gasteiger partial charge in [-0.3, -0.25) is 4.79 Å². The number of urea groups is 1. The van der Waals surface area contributed by atoms with E-state index in [4.69, 9.17) is 0 Å². The summed E-state index contributed by atoms with van der Waals surface area (Å²) in [6.07, 6.45) is 2.22. The van der Waals surface area contributed by atoms with E-state index in [2.05, 4.69) is 36.8 Å². The number of hydrogen-bond acceptors (Lipinski definition) is 3. The van der Waals surface area contributed by atoms with Gasteiger partial charge >= 0.3 is 6.03 Å². The van der Waals surface area contributed by atoms with Crippen LogP contribution in [0.4, 0.5) is 21.9 Å². The topological polar surface area (TPSA) is 73.5 Å². The number of anilines is 3. The molecule has 0 saturated carbocycles. The van der Waals surface area contributed by atoms with Crippen molar-refractivity contribution in [1.29, 1.82) is 0 Å². The highest BCUT2D eigenvalue weighted by Crippen LogP contribution is 2.28. The molecule has 0 aromatic heterocycles. The van der Waals surface area contributed by atoms with E-state index < -0.39 is 0 Å². The van der Waals surface area contributed by atoms with Crippen molar-refractivity contribution >= 4 is 44.9 Å². The van der Waals surface area contributed by atoms with Crippen molar-refractivity contribution in [3.63, 3.8) is 0 Å². The maximum atomic E-state index is 13.3. The Hall–Kier alpha value is -3.32. The molecule has 1 fully saturated rings. The molecule has 1 heterocycles. The molecule has 170 valence electrons. The highest BCUT2D eigenvalue weighted by molar-refractivity contribution is 9.10. The van der Waals surface area contributed by atoms with Crippen LogP contribution in [0.1, 0.15) is 41.7 Å². The number of nitrogens with zero attached hydrogens (tertiary/aromatic N) is 1. The minimum absolute atomic E-state index is 0.137. The van der Waals surface area contributed by atoms with Crippen molar-refractivity contribution in [2.75, 3.05) is 28.6 Å². The lowest BCUT2D eigenvalue weighted by Crippen LogP contribution is -2.30. The van der Waals surface area contributed by atoms with E-state index in [1.54, 1.807) is 6.07 Å². The third-order valence-corrected chi connectivity index (χ3v) is 6.17. The molecule has 1 atom stereocenters. The Balaban J connectivity index is 1.53. The van der Waals surface area contributed by atoms with Crippen LogP contribution in [0.5, 0.6) is 0 Å². The molecule has 0 bridgehead atoms. The molecule has 1 saturated heterocycles. The Labute approximate surface area is 202 Å². The van der Waals surface area contributed by atoms with Crippen LogP contribution in [0.15, 0.2) is 77.3 Å². The lowest BCUT2D eigenvalue weighted by Gasteiger charge is -2.23. The number of halogens is 1. The first-order chi connectivity index (χ1) is 16.0. The third-order valence-electron chi connectivity index (χ3n) is 5.68. The molecule has 3 N–H and O–H groups in total. The predicted octanol–water partition coefficient (Wildman–Crippen LogP) is 6.18. The lowest BCUT2D eigenvalue weighted by molar-refractivity contribution is 0.0940. The minimum Gasteiger partial charge on any atom is -0.371 e. The van der Waals surface area contributed by atoms with Gasteiger partial charge in [-0.05, 0) is 61.7 Å². The Kier molecular flexibility index (Phi) is 7.29. The summed E-state index contributed by atoms with van der Waals surface area (Å²) in [6.45, 7) is 3.81. The predicted molar refractivity (Wildman–Crippen MR) is 137 cm³/mol. The van der Waals surface area contributed by atoms with E-state index in [9.17, 15) is 9.59 Å². The second-order valence-electron chi connectivity index (χ2n) is 8.12. The molecule has 3 amide bonds. The molecule has 4 rings (SSSR count). The van der Waals surface area contributed by atoms with Gasteiger partial charge in [-0.1, -0.05) is 52.3 Å². The van der Waals surface area contributed by atoms with Crippen LogP contribution in [-0.2, 0) is 0 Å². The molecule has 0 unspecified atom stereocenters. The number of rotatable bonds is 6. The zero-order valence-corrected chi connectivity index (χ0v) is 20.1. The summed E-state index contributed by atoms with van der Waals surface area (Å²) < 4.78 is 0.877. The number of amides is 3. The van der Waals surface area contributed by atoms with Crippen LogP contribution < -0.4 is 20.9 Å². The van der Waals surface area contributed by atoms with Gasteiger partial charge in [0, 0.05) is 34.6 Å². The molecule has 1 aliphatic rings. The minimum atomic E-state index is -0.369. The molecule has 7 heteroatoms. The van der Waals surface area contributed by atoms with E-state index in [1.807, 2.05) is 73.7 Å². The average Bonchev–Trinajstić information content (AvgIpc) is 3.34. The van der Waals surface area contributed by atoms with Crippen LogP contribution in [0, 0.1) is 0 Å². The maximum absolute atomic E-state index is 13.3. The largest absolute Gasteiger partial charge is 0.371 e. The van der Waals surface area contributed by atoms with E-state index in [0.29, 0.717) is 16.9 Å². The number of nitrogens with one attached hydrogen (secondary N) is 3. The van der Waals surface area contributed by atoms with Crippen LogP contribution in [-0.4, -0.2) is 25.0 Å². The molecule has 1 aliphatic heterocycles. The van der Waals surface area contributed by atoms with Gasteiger partial charge in [0.1, 0.15) is 0 Å². The summed E-state index contributed by atoms with van der Waals surface area (Å²) in [5.41, 5.74) is 3.72. The molecule has 0 spiro atoms. The highest BCUT2D eigenvalue weighted by atomic mass is 79.9. The van der Waals surface area contributed by atoms with E-state index in [-0.39, 0.29) is 18.0 Å². The second kappa shape index (κ2) is 10.5. The highest BCUT2D eigenvalue weighted by Gasteiger charge is 2.22. The van der Waals surface area contributed by atoms with E-state index in [1.165, 1.54) is 0 Å². The molecule has 3 aromatic rings. The summed E-state index contributed by atoms with van der Waals surface area (Å²) in [5, 5.41) is 8.76. The number of benzene rings is 3. The molecule has 0 radical (unpaired) electrons. The van der Waals surface area contributed by atoms with Gasteiger partial charge in [0.05, 0.1) is 11.6 Å². The van der Waals surface area contributed by atoms with Crippen molar-refractivity contribution in [3.8, 4) is 0 Å². The van der Waals surface area contributed by atoms with Gasteiger partial charge in [0.2, 0.25) is 0 Å². The Morgan fingerprint density at radius 1 is 0.879 bits per heavy atom. The zero-order chi connectivity index (χ0) is 23.2. The van der Waals surface area contributed by atoms with Gasteiger partial charge in [-0.2, -0.15) is 0 Å². The molecule has 0 aliphatic carbocycles.